The van der Waals surface area contributed by atoms with Gasteiger partial charge in [0.2, 0.25) is 0 Å². The third-order valence-corrected chi connectivity index (χ3v) is 5.08. The van der Waals surface area contributed by atoms with Gasteiger partial charge >= 0.3 is 0 Å². The maximum Gasteiger partial charge on any atom is 0.261 e. The zero-order valence-corrected chi connectivity index (χ0v) is 14.3. The van der Waals surface area contributed by atoms with Crippen LogP contribution in [0.15, 0.2) is 46.0 Å². The van der Waals surface area contributed by atoms with Crippen molar-refractivity contribution in [2.45, 2.75) is 11.4 Å². The summed E-state index contributed by atoms with van der Waals surface area (Å²) in [6.45, 7) is 0.487. The molecule has 5 nitrogen and oxygen atoms in total. The molecule has 2 N–H and O–H groups in total. The van der Waals surface area contributed by atoms with Gasteiger partial charge in [-0.25, -0.2) is 8.42 Å². The van der Waals surface area contributed by atoms with Crippen LogP contribution in [-0.2, 0) is 16.6 Å². The summed E-state index contributed by atoms with van der Waals surface area (Å²) in [6, 6.07) is 6.17. The van der Waals surface area contributed by atoms with E-state index in [1.165, 1.54) is 18.5 Å². The lowest BCUT2D eigenvalue weighted by Crippen LogP contribution is -2.14. The molecule has 0 saturated carbocycles. The van der Waals surface area contributed by atoms with E-state index in [1.54, 1.807) is 25.2 Å². The minimum absolute atomic E-state index is 0.154. The number of sulfonamides is 1. The van der Waals surface area contributed by atoms with Crippen LogP contribution in [0, 0.1) is 0 Å². The smallest absolute Gasteiger partial charge is 0.261 e. The maximum atomic E-state index is 12.4. The Labute approximate surface area is 136 Å². The molecule has 2 rings (SSSR count). The van der Waals surface area contributed by atoms with Gasteiger partial charge in [0.15, 0.2) is 0 Å². The number of nitrogens with zero attached hydrogens (tertiary/aromatic N) is 1. The highest BCUT2D eigenvalue weighted by atomic mass is 79.9. The molecule has 1 aromatic carbocycles. The summed E-state index contributed by atoms with van der Waals surface area (Å²) in [5.41, 5.74) is 1.14. The first-order valence-electron chi connectivity index (χ1n) is 5.99. The molecule has 0 spiro atoms. The Kier molecular flexibility index (Phi) is 5.21. The molecule has 0 aliphatic rings. The topological polar surface area (TPSA) is 71.1 Å². The predicted molar refractivity (Wildman–Crippen MR) is 87.0 cm³/mol. The highest BCUT2D eigenvalue weighted by Crippen LogP contribution is 2.25. The summed E-state index contributed by atoms with van der Waals surface area (Å²) in [6.07, 6.45) is 3.03. The van der Waals surface area contributed by atoms with Crippen molar-refractivity contribution in [3.63, 3.8) is 0 Å². The minimum Gasteiger partial charge on any atom is -0.316 e. The minimum atomic E-state index is -3.69. The Morgan fingerprint density at radius 3 is 2.76 bits per heavy atom. The molecule has 0 atom stereocenters. The molecular weight excluding hydrogens is 378 g/mol. The Morgan fingerprint density at radius 2 is 2.10 bits per heavy atom. The van der Waals surface area contributed by atoms with Crippen molar-refractivity contribution in [1.29, 1.82) is 0 Å². The fourth-order valence-electron chi connectivity index (χ4n) is 1.71. The second kappa shape index (κ2) is 6.74. The molecule has 8 heteroatoms. The van der Waals surface area contributed by atoms with Gasteiger partial charge in [0.1, 0.15) is 0 Å². The van der Waals surface area contributed by atoms with Crippen molar-refractivity contribution in [3.8, 4) is 0 Å². The Hall–Kier alpha value is -1.15. The molecule has 0 fully saturated rings. The third-order valence-electron chi connectivity index (χ3n) is 2.71. The van der Waals surface area contributed by atoms with Crippen LogP contribution in [0.2, 0.25) is 5.02 Å². The van der Waals surface area contributed by atoms with Crippen molar-refractivity contribution in [2.75, 3.05) is 11.8 Å². The summed E-state index contributed by atoms with van der Waals surface area (Å²) < 4.78 is 27.9. The highest BCUT2D eigenvalue weighted by molar-refractivity contribution is 9.10. The number of pyridine rings is 1. The summed E-state index contributed by atoms with van der Waals surface area (Å²) in [5.74, 6) is 0. The number of hydrogen-bond acceptors (Lipinski definition) is 4. The standard InChI is InChI=1S/C13H13BrClN3O2S/c1-16-7-9-6-10(2-3-12(9)15)21(19,20)18-13-4-5-17-8-11(13)14/h2-6,8,16H,7H2,1H3,(H,17,18). The van der Waals surface area contributed by atoms with E-state index in [1.807, 2.05) is 0 Å². The summed E-state index contributed by atoms with van der Waals surface area (Å²) in [5, 5.41) is 3.47. The number of rotatable bonds is 5. The zero-order chi connectivity index (χ0) is 15.5. The van der Waals surface area contributed by atoms with Crippen LogP contribution in [0.3, 0.4) is 0 Å². The van der Waals surface area contributed by atoms with Gasteiger partial charge < -0.3 is 5.32 Å². The fourth-order valence-corrected chi connectivity index (χ4v) is 3.50. The van der Waals surface area contributed by atoms with Crippen molar-refractivity contribution in [2.24, 2.45) is 0 Å². The SMILES string of the molecule is CNCc1cc(S(=O)(=O)Nc2ccncc2Br)ccc1Cl. The van der Waals surface area contributed by atoms with Crippen LogP contribution in [-0.4, -0.2) is 20.4 Å². The van der Waals surface area contributed by atoms with Crippen molar-refractivity contribution in [1.82, 2.24) is 10.3 Å². The normalized spacial score (nSPS) is 11.4. The van der Waals surface area contributed by atoms with Gasteiger partial charge in [0.25, 0.3) is 10.0 Å². The van der Waals surface area contributed by atoms with E-state index < -0.39 is 10.0 Å². The first-order chi connectivity index (χ1) is 9.94. The lowest BCUT2D eigenvalue weighted by Gasteiger charge is -2.11. The van der Waals surface area contributed by atoms with Crippen LogP contribution in [0.4, 0.5) is 5.69 Å². The van der Waals surface area contributed by atoms with Crippen LogP contribution >= 0.6 is 27.5 Å². The van der Waals surface area contributed by atoms with Gasteiger partial charge in [0, 0.05) is 24.0 Å². The molecule has 112 valence electrons. The molecule has 0 radical (unpaired) electrons. The van der Waals surface area contributed by atoms with E-state index in [-0.39, 0.29) is 4.90 Å². The largest absolute Gasteiger partial charge is 0.316 e. The Balaban J connectivity index is 2.36. The first kappa shape index (κ1) is 16.2. The summed E-state index contributed by atoms with van der Waals surface area (Å²) >= 11 is 9.29. The van der Waals surface area contributed by atoms with Crippen LogP contribution in [0.5, 0.6) is 0 Å². The summed E-state index contributed by atoms with van der Waals surface area (Å²) in [4.78, 5) is 4.04. The number of benzene rings is 1. The number of nitrogens with one attached hydrogen (secondary N) is 2. The zero-order valence-electron chi connectivity index (χ0n) is 11.1. The van der Waals surface area contributed by atoms with Crippen LogP contribution < -0.4 is 10.0 Å². The molecule has 0 aliphatic heterocycles. The number of aromatic nitrogens is 1. The maximum absolute atomic E-state index is 12.4. The molecule has 0 bridgehead atoms. The van der Waals surface area contributed by atoms with Gasteiger partial charge in [-0.05, 0) is 52.8 Å². The molecule has 1 aromatic heterocycles. The number of hydrogen-bond donors (Lipinski definition) is 2. The molecule has 0 aliphatic carbocycles. The molecular formula is C13H13BrClN3O2S. The second-order valence-electron chi connectivity index (χ2n) is 4.24. The quantitative estimate of drug-likeness (QED) is 0.823. The van der Waals surface area contributed by atoms with Gasteiger partial charge in [-0.15, -0.1) is 0 Å². The fraction of sp³-hybridized carbons (Fsp3) is 0.154. The van der Waals surface area contributed by atoms with Gasteiger partial charge in [-0.3, -0.25) is 9.71 Å². The van der Waals surface area contributed by atoms with Crippen LogP contribution in [0.1, 0.15) is 5.56 Å². The second-order valence-corrected chi connectivity index (χ2v) is 7.19. The Bertz CT molecular complexity index is 753. The average Bonchev–Trinajstić information content (AvgIpc) is 2.44. The van der Waals surface area contributed by atoms with E-state index >= 15 is 0 Å². The van der Waals surface area contributed by atoms with Crippen molar-refractivity contribution < 1.29 is 8.42 Å². The van der Waals surface area contributed by atoms with Crippen LogP contribution in [0.25, 0.3) is 0 Å². The molecule has 0 amide bonds. The van der Waals surface area contributed by atoms with E-state index in [9.17, 15) is 8.42 Å². The van der Waals surface area contributed by atoms with E-state index in [0.29, 0.717) is 21.7 Å². The van der Waals surface area contributed by atoms with Crippen molar-refractivity contribution in [3.05, 3.63) is 51.7 Å². The number of halogens is 2. The first-order valence-corrected chi connectivity index (χ1v) is 8.65. The van der Waals surface area contributed by atoms with Gasteiger partial charge in [-0.2, -0.15) is 0 Å². The molecule has 1 heterocycles. The van der Waals surface area contributed by atoms with E-state index in [2.05, 4.69) is 31.0 Å². The van der Waals surface area contributed by atoms with E-state index in [4.69, 9.17) is 11.6 Å². The molecule has 2 aromatic rings. The third kappa shape index (κ3) is 3.94. The number of anilines is 1. The lowest BCUT2D eigenvalue weighted by molar-refractivity contribution is 0.601. The average molecular weight is 391 g/mol. The molecule has 0 saturated heterocycles. The van der Waals surface area contributed by atoms with Crippen molar-refractivity contribution >= 4 is 43.2 Å². The highest BCUT2D eigenvalue weighted by Gasteiger charge is 2.17. The molecule has 0 unspecified atom stereocenters. The van der Waals surface area contributed by atoms with Gasteiger partial charge in [0.05, 0.1) is 15.1 Å². The lowest BCUT2D eigenvalue weighted by atomic mass is 10.2. The monoisotopic (exact) mass is 389 g/mol. The van der Waals surface area contributed by atoms with Gasteiger partial charge in [-0.1, -0.05) is 11.6 Å². The molecule has 21 heavy (non-hydrogen) atoms. The predicted octanol–water partition coefficient (Wildman–Crippen LogP) is 3.02. The van der Waals surface area contributed by atoms with E-state index in [0.717, 1.165) is 5.56 Å². The summed E-state index contributed by atoms with van der Waals surface area (Å²) in [7, 11) is -1.92. The Morgan fingerprint density at radius 1 is 1.33 bits per heavy atom.